The highest BCUT2D eigenvalue weighted by Gasteiger charge is 2.28. The molecule has 7 heteroatoms. The normalized spacial score (nSPS) is 19.1. The Morgan fingerprint density at radius 3 is 2.64 bits per heavy atom. The predicted molar refractivity (Wildman–Crippen MR) is 76.0 cm³/mol. The van der Waals surface area contributed by atoms with E-state index in [-0.39, 0.29) is 17.7 Å². The van der Waals surface area contributed by atoms with Crippen molar-refractivity contribution in [2.45, 2.75) is 25.1 Å². The van der Waals surface area contributed by atoms with Crippen molar-refractivity contribution < 1.29 is 22.7 Å². The molecule has 2 rings (SSSR count). The first-order chi connectivity index (χ1) is 10.4. The van der Waals surface area contributed by atoms with Crippen LogP contribution in [-0.4, -0.2) is 49.8 Å². The quantitative estimate of drug-likeness (QED) is 0.928. The van der Waals surface area contributed by atoms with Crippen LogP contribution < -0.4 is 10.1 Å². The van der Waals surface area contributed by atoms with E-state index in [4.69, 9.17) is 0 Å². The second kappa shape index (κ2) is 7.00. The smallest absolute Gasteiger partial charge is 0.422 e. The first-order valence-corrected chi connectivity index (χ1v) is 7.15. The molecule has 1 fully saturated rings. The number of benzene rings is 1. The molecule has 22 heavy (non-hydrogen) atoms. The molecule has 1 aromatic carbocycles. The summed E-state index contributed by atoms with van der Waals surface area (Å²) in [4.78, 5) is 14.1. The molecule has 0 spiro atoms. The summed E-state index contributed by atoms with van der Waals surface area (Å²) in [7, 11) is 1.87. The second-order valence-electron chi connectivity index (χ2n) is 5.31. The van der Waals surface area contributed by atoms with Gasteiger partial charge in [-0.25, -0.2) is 0 Å². The summed E-state index contributed by atoms with van der Waals surface area (Å²) in [6.07, 6.45) is -2.40. The van der Waals surface area contributed by atoms with Crippen molar-refractivity contribution in [2.24, 2.45) is 0 Å². The lowest BCUT2D eigenvalue weighted by Gasteiger charge is -2.32. The number of amides is 1. The fourth-order valence-corrected chi connectivity index (χ4v) is 2.44. The van der Waals surface area contributed by atoms with Crippen LogP contribution in [0.1, 0.15) is 23.2 Å². The van der Waals surface area contributed by atoms with Crippen LogP contribution in [0.4, 0.5) is 13.2 Å². The van der Waals surface area contributed by atoms with Gasteiger partial charge in [-0.3, -0.25) is 4.79 Å². The van der Waals surface area contributed by atoms with Crippen molar-refractivity contribution >= 4 is 5.91 Å². The number of hydrogen-bond acceptors (Lipinski definition) is 3. The topological polar surface area (TPSA) is 41.6 Å². The van der Waals surface area contributed by atoms with Crippen LogP contribution in [0.3, 0.4) is 0 Å². The van der Waals surface area contributed by atoms with Crippen molar-refractivity contribution in [2.75, 3.05) is 26.7 Å². The molecule has 0 saturated carbocycles. The van der Waals surface area contributed by atoms with Crippen LogP contribution in [0.15, 0.2) is 24.3 Å². The molecular formula is C15H19F3N2O2. The third-order valence-corrected chi connectivity index (χ3v) is 3.62. The first kappa shape index (κ1) is 16.6. The minimum atomic E-state index is -4.37. The van der Waals surface area contributed by atoms with E-state index in [0.717, 1.165) is 12.8 Å². The molecule has 1 saturated heterocycles. The SMILES string of the molecule is CNC1CCCN(C(=O)c2ccc(OCC(F)(F)F)cc2)C1. The molecule has 0 radical (unpaired) electrons. The van der Waals surface area contributed by atoms with E-state index in [1.807, 2.05) is 7.05 Å². The third-order valence-electron chi connectivity index (χ3n) is 3.62. The van der Waals surface area contributed by atoms with Crippen molar-refractivity contribution in [3.63, 3.8) is 0 Å². The fourth-order valence-electron chi connectivity index (χ4n) is 2.44. The molecule has 0 aliphatic carbocycles. The van der Waals surface area contributed by atoms with E-state index in [9.17, 15) is 18.0 Å². The Labute approximate surface area is 127 Å². The van der Waals surface area contributed by atoms with E-state index in [1.165, 1.54) is 24.3 Å². The monoisotopic (exact) mass is 316 g/mol. The summed E-state index contributed by atoms with van der Waals surface area (Å²) < 4.78 is 40.8. The molecule has 1 atom stereocenters. The predicted octanol–water partition coefficient (Wildman–Crippen LogP) is 2.45. The number of rotatable bonds is 4. The summed E-state index contributed by atoms with van der Waals surface area (Å²) in [5, 5.41) is 3.16. The molecule has 1 amide bonds. The Bertz CT molecular complexity index is 503. The lowest BCUT2D eigenvalue weighted by atomic mass is 10.0. The molecular weight excluding hydrogens is 297 g/mol. The molecule has 1 aliphatic rings. The number of piperidine rings is 1. The maximum Gasteiger partial charge on any atom is 0.422 e. The number of halogens is 3. The minimum Gasteiger partial charge on any atom is -0.484 e. The summed E-state index contributed by atoms with van der Waals surface area (Å²) >= 11 is 0. The zero-order valence-corrected chi connectivity index (χ0v) is 12.3. The van der Waals surface area contributed by atoms with Gasteiger partial charge in [0.05, 0.1) is 0 Å². The highest BCUT2D eigenvalue weighted by molar-refractivity contribution is 5.94. The molecule has 1 N–H and O–H groups in total. The maximum atomic E-state index is 12.4. The van der Waals surface area contributed by atoms with E-state index in [0.29, 0.717) is 18.7 Å². The van der Waals surface area contributed by atoms with Crippen LogP contribution in [0.25, 0.3) is 0 Å². The average molecular weight is 316 g/mol. The number of hydrogen-bond donors (Lipinski definition) is 1. The lowest BCUT2D eigenvalue weighted by Crippen LogP contribution is -2.46. The summed E-state index contributed by atoms with van der Waals surface area (Å²) in [5.74, 6) is -0.0112. The maximum absolute atomic E-state index is 12.4. The minimum absolute atomic E-state index is 0.0978. The average Bonchev–Trinajstić information content (AvgIpc) is 2.52. The molecule has 4 nitrogen and oxygen atoms in total. The number of nitrogens with one attached hydrogen (secondary N) is 1. The Balaban J connectivity index is 1.96. The van der Waals surface area contributed by atoms with Crippen molar-refractivity contribution in [3.05, 3.63) is 29.8 Å². The van der Waals surface area contributed by atoms with Gasteiger partial charge >= 0.3 is 6.18 Å². The van der Waals surface area contributed by atoms with Crippen LogP contribution in [0.2, 0.25) is 0 Å². The van der Waals surface area contributed by atoms with Crippen LogP contribution in [0, 0.1) is 0 Å². The lowest BCUT2D eigenvalue weighted by molar-refractivity contribution is -0.153. The highest BCUT2D eigenvalue weighted by Crippen LogP contribution is 2.20. The largest absolute Gasteiger partial charge is 0.484 e. The second-order valence-corrected chi connectivity index (χ2v) is 5.31. The Kier molecular flexibility index (Phi) is 5.28. The zero-order chi connectivity index (χ0) is 16.2. The standard InChI is InChI=1S/C15H19F3N2O2/c1-19-12-3-2-8-20(9-12)14(21)11-4-6-13(7-5-11)22-10-15(16,17)18/h4-7,12,19H,2-3,8-10H2,1H3. The van der Waals surface area contributed by atoms with Gasteiger partial charge < -0.3 is 15.0 Å². The highest BCUT2D eigenvalue weighted by atomic mass is 19.4. The van der Waals surface area contributed by atoms with E-state index in [1.54, 1.807) is 4.90 Å². The van der Waals surface area contributed by atoms with Gasteiger partial charge in [-0.1, -0.05) is 0 Å². The zero-order valence-electron chi connectivity index (χ0n) is 12.3. The van der Waals surface area contributed by atoms with E-state index >= 15 is 0 Å². The van der Waals surface area contributed by atoms with Crippen LogP contribution in [-0.2, 0) is 0 Å². The molecule has 122 valence electrons. The number of likely N-dealkylation sites (tertiary alicyclic amines) is 1. The summed E-state index contributed by atoms with van der Waals surface area (Å²) in [6.45, 7) is 0.00125. The molecule has 0 bridgehead atoms. The Hall–Kier alpha value is -1.76. The molecule has 1 heterocycles. The number of nitrogens with zero attached hydrogens (tertiary/aromatic N) is 1. The fraction of sp³-hybridized carbons (Fsp3) is 0.533. The Morgan fingerprint density at radius 1 is 1.36 bits per heavy atom. The van der Waals surface area contributed by atoms with Crippen LogP contribution >= 0.6 is 0 Å². The number of carbonyl (C=O) groups excluding carboxylic acids is 1. The van der Waals surface area contributed by atoms with E-state index in [2.05, 4.69) is 10.1 Å². The van der Waals surface area contributed by atoms with Crippen molar-refractivity contribution in [3.8, 4) is 5.75 Å². The number of likely N-dealkylation sites (N-methyl/N-ethyl adjacent to an activating group) is 1. The van der Waals surface area contributed by atoms with Gasteiger partial charge in [0, 0.05) is 24.7 Å². The van der Waals surface area contributed by atoms with Crippen LogP contribution in [0.5, 0.6) is 5.75 Å². The van der Waals surface area contributed by atoms with Gasteiger partial charge in [-0.15, -0.1) is 0 Å². The molecule has 1 aromatic rings. The van der Waals surface area contributed by atoms with Crippen molar-refractivity contribution in [1.29, 1.82) is 0 Å². The van der Waals surface area contributed by atoms with Crippen molar-refractivity contribution in [1.82, 2.24) is 10.2 Å². The van der Waals surface area contributed by atoms with Gasteiger partial charge in [0.1, 0.15) is 5.75 Å². The molecule has 1 unspecified atom stereocenters. The van der Waals surface area contributed by atoms with Gasteiger partial charge in [-0.05, 0) is 44.2 Å². The number of carbonyl (C=O) groups is 1. The summed E-state index contributed by atoms with van der Waals surface area (Å²) in [5.41, 5.74) is 0.455. The first-order valence-electron chi connectivity index (χ1n) is 7.15. The van der Waals surface area contributed by atoms with Gasteiger partial charge in [-0.2, -0.15) is 13.2 Å². The number of alkyl halides is 3. The molecule has 1 aliphatic heterocycles. The third kappa shape index (κ3) is 4.62. The van der Waals surface area contributed by atoms with Gasteiger partial charge in [0.2, 0.25) is 0 Å². The summed E-state index contributed by atoms with van der Waals surface area (Å²) in [6, 6.07) is 6.05. The van der Waals surface area contributed by atoms with Gasteiger partial charge in [0.25, 0.3) is 5.91 Å². The Morgan fingerprint density at radius 2 is 2.05 bits per heavy atom. The van der Waals surface area contributed by atoms with Gasteiger partial charge in [0.15, 0.2) is 6.61 Å². The molecule has 0 aromatic heterocycles. The number of ether oxygens (including phenoxy) is 1. The van der Waals surface area contributed by atoms with E-state index < -0.39 is 12.8 Å².